The highest BCUT2D eigenvalue weighted by atomic mass is 32.2. The van der Waals surface area contributed by atoms with Gasteiger partial charge in [0.05, 0.1) is 18.1 Å². The third-order valence-electron chi connectivity index (χ3n) is 2.13. The number of ether oxygens (including phenoxy) is 1. The van der Waals surface area contributed by atoms with Crippen molar-refractivity contribution in [1.29, 1.82) is 0 Å². The molecule has 1 saturated heterocycles. The molecule has 0 spiro atoms. The fourth-order valence-corrected chi connectivity index (χ4v) is 2.58. The van der Waals surface area contributed by atoms with E-state index in [0.717, 1.165) is 12.0 Å². The summed E-state index contributed by atoms with van der Waals surface area (Å²) >= 11 is 1.65. The molecule has 74 valence electrons. The third kappa shape index (κ3) is 1.33. The van der Waals surface area contributed by atoms with Crippen molar-refractivity contribution in [3.63, 3.8) is 0 Å². The predicted octanol–water partition coefficient (Wildman–Crippen LogP) is 0.862. The Hall–Kier alpha value is -1.23. The van der Waals surface area contributed by atoms with Gasteiger partial charge in [-0.15, -0.1) is 11.8 Å². The summed E-state index contributed by atoms with van der Waals surface area (Å²) < 4.78 is 4.64. The number of carbonyl (C=O) groups is 2. The number of amides is 1. The number of fused-ring (bicyclic) bond motifs is 1. The number of thioether (sulfide) groups is 1. The van der Waals surface area contributed by atoms with Gasteiger partial charge in [0.2, 0.25) is 5.91 Å². The van der Waals surface area contributed by atoms with E-state index < -0.39 is 5.97 Å². The van der Waals surface area contributed by atoms with Crippen molar-refractivity contribution in [1.82, 2.24) is 4.90 Å². The Morgan fingerprint density at radius 1 is 1.79 bits per heavy atom. The zero-order valence-corrected chi connectivity index (χ0v) is 8.25. The van der Waals surface area contributed by atoms with Crippen LogP contribution < -0.4 is 0 Å². The molecule has 0 saturated carbocycles. The summed E-state index contributed by atoms with van der Waals surface area (Å²) in [5.74, 6) is 0.226. The minimum Gasteiger partial charge on any atom is -0.430 e. The van der Waals surface area contributed by atoms with Crippen molar-refractivity contribution >= 4 is 23.6 Å². The molecule has 1 atom stereocenters. The van der Waals surface area contributed by atoms with E-state index in [2.05, 4.69) is 11.3 Å². The lowest BCUT2D eigenvalue weighted by Crippen LogP contribution is -2.53. The van der Waals surface area contributed by atoms with Crippen LogP contribution in [0.25, 0.3) is 0 Å². The Balaban J connectivity index is 2.16. The summed E-state index contributed by atoms with van der Waals surface area (Å²) in [6.07, 6.45) is 3.30. The van der Waals surface area contributed by atoms with Gasteiger partial charge in [0.15, 0.2) is 0 Å². The predicted molar refractivity (Wildman–Crippen MR) is 52.1 cm³/mol. The van der Waals surface area contributed by atoms with Crippen molar-refractivity contribution in [3.05, 3.63) is 24.6 Å². The molecule has 0 aliphatic carbocycles. The SMILES string of the molecule is C=COC(=O)C1=CCS[C@@H]2CC(=O)N12. The summed E-state index contributed by atoms with van der Waals surface area (Å²) in [5.41, 5.74) is 0.352. The van der Waals surface area contributed by atoms with Gasteiger partial charge in [0.25, 0.3) is 0 Å². The number of esters is 1. The lowest BCUT2D eigenvalue weighted by molar-refractivity contribution is -0.146. The van der Waals surface area contributed by atoms with E-state index in [0.29, 0.717) is 12.1 Å². The molecule has 4 nitrogen and oxygen atoms in total. The minimum atomic E-state index is -0.502. The maximum absolute atomic E-state index is 11.4. The van der Waals surface area contributed by atoms with Crippen molar-refractivity contribution in [3.8, 4) is 0 Å². The summed E-state index contributed by atoms with van der Waals surface area (Å²) in [6, 6.07) is 0. The summed E-state index contributed by atoms with van der Waals surface area (Å²) in [5, 5.41) is 0.125. The molecule has 2 aliphatic heterocycles. The molecule has 0 unspecified atom stereocenters. The van der Waals surface area contributed by atoms with E-state index in [1.165, 1.54) is 4.90 Å². The Morgan fingerprint density at radius 2 is 2.57 bits per heavy atom. The van der Waals surface area contributed by atoms with Crippen molar-refractivity contribution in [2.24, 2.45) is 0 Å². The van der Waals surface area contributed by atoms with Gasteiger partial charge < -0.3 is 4.74 Å². The highest BCUT2D eigenvalue weighted by molar-refractivity contribution is 8.00. The van der Waals surface area contributed by atoms with Crippen molar-refractivity contribution in [2.75, 3.05) is 5.75 Å². The van der Waals surface area contributed by atoms with Gasteiger partial charge in [-0.2, -0.15) is 0 Å². The molecule has 2 aliphatic rings. The van der Waals surface area contributed by atoms with Gasteiger partial charge in [-0.25, -0.2) is 4.79 Å². The topological polar surface area (TPSA) is 46.6 Å². The largest absolute Gasteiger partial charge is 0.430 e. The van der Waals surface area contributed by atoms with Crippen LogP contribution in [0.5, 0.6) is 0 Å². The summed E-state index contributed by atoms with van der Waals surface area (Å²) in [4.78, 5) is 24.1. The fraction of sp³-hybridized carbons (Fsp3) is 0.333. The molecule has 0 aromatic rings. The van der Waals surface area contributed by atoms with Crippen LogP contribution in [0.3, 0.4) is 0 Å². The molecule has 2 rings (SSSR count). The first-order valence-corrected chi connectivity index (χ1v) is 5.24. The second kappa shape index (κ2) is 3.49. The maximum Gasteiger partial charge on any atom is 0.359 e. The third-order valence-corrected chi connectivity index (χ3v) is 3.25. The van der Waals surface area contributed by atoms with E-state index >= 15 is 0 Å². The second-order valence-electron chi connectivity index (χ2n) is 2.92. The molecule has 0 bridgehead atoms. The Labute approximate surface area is 85.6 Å². The standard InChI is InChI=1S/C9H9NO3S/c1-2-13-9(12)6-3-4-14-8-5-7(11)10(6)8/h2-3,8H,1,4-5H2/t8-/m1/s1. The first-order chi connectivity index (χ1) is 6.74. The van der Waals surface area contributed by atoms with Gasteiger partial charge in [-0.1, -0.05) is 6.58 Å². The van der Waals surface area contributed by atoms with Crippen LogP contribution in [-0.2, 0) is 14.3 Å². The van der Waals surface area contributed by atoms with Gasteiger partial charge in [-0.3, -0.25) is 9.69 Å². The Morgan fingerprint density at radius 3 is 3.21 bits per heavy atom. The lowest BCUT2D eigenvalue weighted by atomic mass is 10.1. The maximum atomic E-state index is 11.4. The number of rotatable bonds is 2. The van der Waals surface area contributed by atoms with Crippen molar-refractivity contribution < 1.29 is 14.3 Å². The number of carbonyl (C=O) groups excluding carboxylic acids is 2. The first-order valence-electron chi connectivity index (χ1n) is 4.19. The van der Waals surface area contributed by atoms with Crippen LogP contribution in [0.2, 0.25) is 0 Å². The second-order valence-corrected chi connectivity index (χ2v) is 4.13. The number of hydrogen-bond acceptors (Lipinski definition) is 4. The lowest BCUT2D eigenvalue weighted by Gasteiger charge is -2.42. The minimum absolute atomic E-state index is 0.0190. The molecule has 0 aromatic carbocycles. The van der Waals surface area contributed by atoms with Crippen LogP contribution >= 0.6 is 11.8 Å². The molecule has 5 heteroatoms. The quantitative estimate of drug-likeness (QED) is 0.386. The Kier molecular flexibility index (Phi) is 2.33. The number of nitrogens with zero attached hydrogens (tertiary/aromatic N) is 1. The average Bonchev–Trinajstić information content (AvgIpc) is 2.16. The summed E-state index contributed by atoms with van der Waals surface area (Å²) in [6.45, 7) is 3.30. The van der Waals surface area contributed by atoms with Gasteiger partial charge in [0.1, 0.15) is 5.70 Å². The van der Waals surface area contributed by atoms with E-state index in [-0.39, 0.29) is 11.3 Å². The molecular formula is C9H9NO3S. The van der Waals surface area contributed by atoms with Crippen LogP contribution in [0.1, 0.15) is 6.42 Å². The molecule has 0 N–H and O–H groups in total. The van der Waals surface area contributed by atoms with Crippen molar-refractivity contribution in [2.45, 2.75) is 11.8 Å². The number of hydrogen-bond donors (Lipinski definition) is 0. The molecule has 2 heterocycles. The Bertz CT molecular complexity index is 337. The highest BCUT2D eigenvalue weighted by Crippen LogP contribution is 2.37. The molecular weight excluding hydrogens is 202 g/mol. The van der Waals surface area contributed by atoms with Crippen LogP contribution in [-0.4, -0.2) is 27.9 Å². The number of β-lactam (4-membered cyclic amide) rings is 1. The molecule has 0 radical (unpaired) electrons. The van der Waals surface area contributed by atoms with Gasteiger partial charge in [0, 0.05) is 5.75 Å². The molecule has 1 fully saturated rings. The van der Waals surface area contributed by atoms with E-state index in [1.807, 2.05) is 0 Å². The van der Waals surface area contributed by atoms with E-state index in [1.54, 1.807) is 17.8 Å². The molecule has 14 heavy (non-hydrogen) atoms. The summed E-state index contributed by atoms with van der Waals surface area (Å²) in [7, 11) is 0. The fourth-order valence-electron chi connectivity index (χ4n) is 1.46. The smallest absolute Gasteiger partial charge is 0.359 e. The zero-order valence-electron chi connectivity index (χ0n) is 7.43. The monoisotopic (exact) mass is 211 g/mol. The van der Waals surface area contributed by atoms with E-state index in [9.17, 15) is 9.59 Å². The normalized spacial score (nSPS) is 24.6. The zero-order chi connectivity index (χ0) is 10.1. The van der Waals surface area contributed by atoms with Gasteiger partial charge in [-0.05, 0) is 6.08 Å². The molecule has 1 amide bonds. The molecule has 0 aromatic heterocycles. The highest BCUT2D eigenvalue weighted by Gasteiger charge is 2.43. The van der Waals surface area contributed by atoms with Gasteiger partial charge >= 0.3 is 5.97 Å². The van der Waals surface area contributed by atoms with Crippen LogP contribution in [0.4, 0.5) is 0 Å². The average molecular weight is 211 g/mol. The first kappa shape index (κ1) is 9.33. The van der Waals surface area contributed by atoms with E-state index in [4.69, 9.17) is 0 Å². The van der Waals surface area contributed by atoms with Crippen LogP contribution in [0, 0.1) is 0 Å². The van der Waals surface area contributed by atoms with Crippen LogP contribution in [0.15, 0.2) is 24.6 Å².